The molecule has 0 aliphatic rings. The van der Waals surface area contributed by atoms with Crippen LogP contribution in [0.2, 0.25) is 0 Å². The van der Waals surface area contributed by atoms with Gasteiger partial charge < -0.3 is 0 Å². The summed E-state index contributed by atoms with van der Waals surface area (Å²) in [5.41, 5.74) is 0.701. The Hall–Kier alpha value is -1.29. The summed E-state index contributed by atoms with van der Waals surface area (Å²) in [7, 11) is 0. The van der Waals surface area contributed by atoms with E-state index >= 15 is 0 Å². The number of amides is 1. The van der Waals surface area contributed by atoms with E-state index in [0.717, 1.165) is 0 Å². The maximum Gasteiger partial charge on any atom is 0.261 e. The molecule has 4 heteroatoms. The molecule has 12 heavy (non-hydrogen) atoms. The fourth-order valence-electron chi connectivity index (χ4n) is 0.867. The number of aldehydes is 1. The zero-order valence-corrected chi connectivity index (χ0v) is 7.04. The zero-order valence-electron chi connectivity index (χ0n) is 6.15. The molecule has 0 saturated heterocycles. The number of hydrogen-bond acceptors (Lipinski definition) is 3. The lowest BCUT2D eigenvalue weighted by molar-refractivity contribution is 0.0978. The third kappa shape index (κ3) is 1.65. The highest BCUT2D eigenvalue weighted by atomic mass is 32.1. The van der Waals surface area contributed by atoms with Crippen molar-refractivity contribution in [3.8, 4) is 0 Å². The van der Waals surface area contributed by atoms with E-state index in [4.69, 9.17) is 0 Å². The van der Waals surface area contributed by atoms with Gasteiger partial charge in [0.2, 0.25) is 0 Å². The van der Waals surface area contributed by atoms with Crippen LogP contribution in [0.3, 0.4) is 0 Å². The van der Waals surface area contributed by atoms with Crippen LogP contribution in [0.1, 0.15) is 20.7 Å². The van der Waals surface area contributed by atoms with Crippen LogP contribution >= 0.6 is 12.8 Å². The van der Waals surface area contributed by atoms with Crippen LogP contribution < -0.4 is 4.72 Å². The number of hydrogen-bond donors (Lipinski definition) is 2. The van der Waals surface area contributed by atoms with Crippen LogP contribution in [0.25, 0.3) is 0 Å². The summed E-state index contributed by atoms with van der Waals surface area (Å²) in [5, 5.41) is 0. The number of carbonyl (C=O) groups excluding carboxylic acids is 2. The van der Waals surface area contributed by atoms with Gasteiger partial charge in [0.15, 0.2) is 6.29 Å². The van der Waals surface area contributed by atoms with Crippen molar-refractivity contribution in [3.63, 3.8) is 0 Å². The van der Waals surface area contributed by atoms with E-state index in [1.54, 1.807) is 24.3 Å². The lowest BCUT2D eigenvalue weighted by atomic mass is 10.1. The molecule has 1 amide bonds. The van der Waals surface area contributed by atoms with Gasteiger partial charge in [-0.15, -0.1) is 0 Å². The van der Waals surface area contributed by atoms with E-state index < -0.39 is 0 Å². The molecule has 0 unspecified atom stereocenters. The van der Waals surface area contributed by atoms with Crippen LogP contribution in [0, 0.1) is 0 Å². The van der Waals surface area contributed by atoms with E-state index in [-0.39, 0.29) is 5.91 Å². The average Bonchev–Trinajstić information content (AvgIpc) is 2.16. The summed E-state index contributed by atoms with van der Waals surface area (Å²) < 4.78 is 2.15. The number of thiol groups is 1. The van der Waals surface area contributed by atoms with Crippen molar-refractivity contribution in [3.05, 3.63) is 35.4 Å². The van der Waals surface area contributed by atoms with Crippen molar-refractivity contribution in [1.82, 2.24) is 4.72 Å². The van der Waals surface area contributed by atoms with E-state index in [1.165, 1.54) is 0 Å². The van der Waals surface area contributed by atoms with Crippen molar-refractivity contribution in [2.75, 3.05) is 0 Å². The smallest absolute Gasteiger partial charge is 0.261 e. The van der Waals surface area contributed by atoms with Crippen molar-refractivity contribution < 1.29 is 9.59 Å². The van der Waals surface area contributed by atoms with Gasteiger partial charge in [-0.05, 0) is 6.07 Å². The van der Waals surface area contributed by atoms with Crippen LogP contribution in [0.15, 0.2) is 24.3 Å². The standard InChI is InChI=1S/C8H7NO2S/c10-5-6-3-1-2-4-7(6)8(11)9-12/h1-5,12H,(H,9,11). The molecule has 0 spiro atoms. The van der Waals surface area contributed by atoms with Gasteiger partial charge >= 0.3 is 0 Å². The number of nitrogens with one attached hydrogen (secondary N) is 1. The first-order valence-electron chi connectivity index (χ1n) is 3.28. The molecule has 0 bridgehead atoms. The molecule has 1 rings (SSSR count). The Kier molecular flexibility index (Phi) is 2.88. The summed E-state index contributed by atoms with van der Waals surface area (Å²) >= 11 is 3.60. The van der Waals surface area contributed by atoms with Gasteiger partial charge in [0.05, 0.1) is 5.56 Å². The second-order valence-electron chi connectivity index (χ2n) is 2.15. The third-order valence-electron chi connectivity index (χ3n) is 1.43. The molecular weight excluding hydrogens is 174 g/mol. The summed E-state index contributed by atoms with van der Waals surface area (Å²) in [6.45, 7) is 0. The Bertz CT molecular complexity index is 312. The highest BCUT2D eigenvalue weighted by Crippen LogP contribution is 2.05. The van der Waals surface area contributed by atoms with Gasteiger partial charge in [0, 0.05) is 5.56 Å². The van der Waals surface area contributed by atoms with Crippen molar-refractivity contribution in [2.24, 2.45) is 0 Å². The maximum atomic E-state index is 11.0. The largest absolute Gasteiger partial charge is 0.299 e. The predicted molar refractivity (Wildman–Crippen MR) is 48.3 cm³/mol. The first-order chi connectivity index (χ1) is 5.79. The summed E-state index contributed by atoms with van der Waals surface area (Å²) in [6, 6.07) is 6.52. The molecule has 3 nitrogen and oxygen atoms in total. The van der Waals surface area contributed by atoms with Crippen molar-refractivity contribution >= 4 is 25.0 Å². The Morgan fingerprint density at radius 3 is 2.67 bits per heavy atom. The molecule has 0 aliphatic carbocycles. The van der Waals surface area contributed by atoms with Crippen molar-refractivity contribution in [2.45, 2.75) is 0 Å². The quantitative estimate of drug-likeness (QED) is 0.529. The minimum absolute atomic E-state index is 0.336. The molecule has 1 N–H and O–H groups in total. The Balaban J connectivity index is 3.13. The highest BCUT2D eigenvalue weighted by molar-refractivity contribution is 7.78. The lowest BCUT2D eigenvalue weighted by Gasteiger charge is -2.00. The Labute approximate surface area is 75.3 Å². The Morgan fingerprint density at radius 1 is 1.42 bits per heavy atom. The second-order valence-corrected chi connectivity index (χ2v) is 2.37. The predicted octanol–water partition coefficient (Wildman–Crippen LogP) is 1.07. The highest BCUT2D eigenvalue weighted by Gasteiger charge is 2.07. The third-order valence-corrected chi connectivity index (χ3v) is 1.64. The molecule has 0 atom stereocenters. The van der Waals surface area contributed by atoms with Crippen LogP contribution in [-0.4, -0.2) is 12.2 Å². The monoisotopic (exact) mass is 181 g/mol. The zero-order chi connectivity index (χ0) is 8.97. The Morgan fingerprint density at radius 2 is 2.08 bits per heavy atom. The first-order valence-corrected chi connectivity index (χ1v) is 3.73. The number of rotatable bonds is 2. The van der Waals surface area contributed by atoms with Gasteiger partial charge in [0.25, 0.3) is 5.91 Å². The lowest BCUT2D eigenvalue weighted by Crippen LogP contribution is -2.14. The van der Waals surface area contributed by atoms with E-state index in [0.29, 0.717) is 17.4 Å². The van der Waals surface area contributed by atoms with Crippen LogP contribution in [0.4, 0.5) is 0 Å². The summed E-state index contributed by atoms with van der Waals surface area (Å²) in [4.78, 5) is 21.5. The molecule has 1 aromatic rings. The topological polar surface area (TPSA) is 46.2 Å². The van der Waals surface area contributed by atoms with Crippen LogP contribution in [-0.2, 0) is 0 Å². The molecule has 0 saturated carbocycles. The van der Waals surface area contributed by atoms with Gasteiger partial charge in [-0.3, -0.25) is 14.3 Å². The van der Waals surface area contributed by atoms with Gasteiger partial charge in [0.1, 0.15) is 0 Å². The van der Waals surface area contributed by atoms with Gasteiger partial charge in [-0.2, -0.15) is 0 Å². The average molecular weight is 181 g/mol. The number of benzene rings is 1. The minimum Gasteiger partial charge on any atom is -0.299 e. The normalized spacial score (nSPS) is 9.08. The molecule has 0 fully saturated rings. The van der Waals surface area contributed by atoms with Gasteiger partial charge in [-0.1, -0.05) is 31.0 Å². The summed E-state index contributed by atoms with van der Waals surface area (Å²) in [5.74, 6) is -0.374. The molecule has 0 heterocycles. The van der Waals surface area contributed by atoms with E-state index in [1.807, 2.05) is 0 Å². The van der Waals surface area contributed by atoms with E-state index in [9.17, 15) is 9.59 Å². The molecule has 62 valence electrons. The van der Waals surface area contributed by atoms with Crippen molar-refractivity contribution in [1.29, 1.82) is 0 Å². The second kappa shape index (κ2) is 3.92. The molecule has 0 radical (unpaired) electrons. The van der Waals surface area contributed by atoms with E-state index in [2.05, 4.69) is 17.5 Å². The molecular formula is C8H7NO2S. The molecule has 0 aromatic heterocycles. The summed E-state index contributed by atoms with van der Waals surface area (Å²) in [6.07, 6.45) is 0.637. The number of carbonyl (C=O) groups is 2. The molecule has 0 aliphatic heterocycles. The molecule has 1 aromatic carbocycles. The first kappa shape index (κ1) is 8.80. The fourth-order valence-corrected chi connectivity index (χ4v) is 0.987. The SMILES string of the molecule is O=Cc1ccccc1C(=O)NS. The van der Waals surface area contributed by atoms with Gasteiger partial charge in [-0.25, -0.2) is 0 Å². The fraction of sp³-hybridized carbons (Fsp3) is 0. The maximum absolute atomic E-state index is 11.0. The minimum atomic E-state index is -0.374. The van der Waals surface area contributed by atoms with Crippen LogP contribution in [0.5, 0.6) is 0 Å².